The Kier molecular flexibility index (Phi) is 19.3. The molecule has 0 aromatic heterocycles. The first-order valence-electron chi connectivity index (χ1n) is 11.4. The fourth-order valence-electron chi connectivity index (χ4n) is 2.86. The highest BCUT2D eigenvalue weighted by Gasteiger charge is 2.40. The predicted molar refractivity (Wildman–Crippen MR) is 120 cm³/mol. The Hall–Kier alpha value is -2.45. The standard InChI is InChI=1S/C21H35F3N4O8/c1-28(20(31)21(22,23)24)7-4-3-5-17(19(30)32-2)15-18(29)16-36-14-13-35-12-11-34-10-9-33-8-6-26-27-25/h17H,3-16H2,1-2H3/t17-/m1/s1. The molecule has 0 fully saturated rings. The molecule has 0 spiro atoms. The average molecular weight is 529 g/mol. The largest absolute Gasteiger partial charge is 0.471 e. The highest BCUT2D eigenvalue weighted by Crippen LogP contribution is 2.19. The first-order chi connectivity index (χ1) is 17.1. The molecule has 1 amide bonds. The van der Waals surface area contributed by atoms with Crippen molar-refractivity contribution in [2.24, 2.45) is 11.0 Å². The summed E-state index contributed by atoms with van der Waals surface area (Å²) in [5.41, 5.74) is 8.10. The summed E-state index contributed by atoms with van der Waals surface area (Å²) in [6, 6.07) is 0. The summed E-state index contributed by atoms with van der Waals surface area (Å²) >= 11 is 0. The van der Waals surface area contributed by atoms with Crippen LogP contribution in [-0.4, -0.2) is 109 Å². The second kappa shape index (κ2) is 20.7. The van der Waals surface area contributed by atoms with Crippen molar-refractivity contribution in [1.82, 2.24) is 4.90 Å². The van der Waals surface area contributed by atoms with Gasteiger partial charge in [-0.05, 0) is 18.4 Å². The number of ether oxygens (including phenoxy) is 5. The molecular weight excluding hydrogens is 493 g/mol. The molecule has 15 heteroatoms. The number of rotatable bonds is 22. The number of halogens is 3. The lowest BCUT2D eigenvalue weighted by atomic mass is 9.96. The first-order valence-corrected chi connectivity index (χ1v) is 11.4. The van der Waals surface area contributed by atoms with Crippen LogP contribution in [-0.2, 0) is 38.1 Å². The van der Waals surface area contributed by atoms with E-state index in [4.69, 9.17) is 29.2 Å². The average Bonchev–Trinajstić information content (AvgIpc) is 2.84. The first kappa shape index (κ1) is 33.5. The molecule has 0 unspecified atom stereocenters. The van der Waals surface area contributed by atoms with Crippen LogP contribution >= 0.6 is 0 Å². The summed E-state index contributed by atoms with van der Waals surface area (Å²) < 4.78 is 62.9. The highest BCUT2D eigenvalue weighted by atomic mass is 19.4. The maximum absolute atomic E-state index is 12.4. The minimum Gasteiger partial charge on any atom is -0.469 e. The van der Waals surface area contributed by atoms with Crippen LogP contribution in [0.1, 0.15) is 25.7 Å². The quantitative estimate of drug-likeness (QED) is 0.0683. The van der Waals surface area contributed by atoms with Gasteiger partial charge in [-0.15, -0.1) is 0 Å². The van der Waals surface area contributed by atoms with E-state index in [0.717, 1.165) is 7.05 Å². The lowest BCUT2D eigenvalue weighted by molar-refractivity contribution is -0.184. The molecule has 0 saturated heterocycles. The summed E-state index contributed by atoms with van der Waals surface area (Å²) in [6.45, 7) is 2.06. The molecule has 0 rings (SSSR count). The molecule has 0 aliphatic rings. The fourth-order valence-corrected chi connectivity index (χ4v) is 2.86. The number of alkyl halides is 3. The molecule has 0 N–H and O–H groups in total. The zero-order chi connectivity index (χ0) is 27.2. The number of hydrogen-bond donors (Lipinski definition) is 0. The molecule has 0 aromatic carbocycles. The molecule has 1 atom stereocenters. The van der Waals surface area contributed by atoms with Crippen LogP contribution in [0.4, 0.5) is 13.2 Å². The van der Waals surface area contributed by atoms with Crippen molar-refractivity contribution in [3.8, 4) is 0 Å². The van der Waals surface area contributed by atoms with Gasteiger partial charge < -0.3 is 28.6 Å². The zero-order valence-electron chi connectivity index (χ0n) is 20.7. The van der Waals surface area contributed by atoms with Crippen molar-refractivity contribution in [1.29, 1.82) is 0 Å². The molecule has 0 heterocycles. The van der Waals surface area contributed by atoms with Gasteiger partial charge in [-0.25, -0.2) is 0 Å². The molecule has 0 aromatic rings. The maximum atomic E-state index is 12.4. The van der Waals surface area contributed by atoms with E-state index in [1.54, 1.807) is 0 Å². The van der Waals surface area contributed by atoms with E-state index in [-0.39, 0.29) is 58.0 Å². The van der Waals surface area contributed by atoms with Crippen LogP contribution in [0.5, 0.6) is 0 Å². The second-order valence-electron chi connectivity index (χ2n) is 7.53. The van der Waals surface area contributed by atoms with E-state index in [9.17, 15) is 27.6 Å². The van der Waals surface area contributed by atoms with Crippen LogP contribution in [0.2, 0.25) is 0 Å². The second-order valence-corrected chi connectivity index (χ2v) is 7.53. The summed E-state index contributed by atoms with van der Waals surface area (Å²) in [6.07, 6.45) is -4.25. The summed E-state index contributed by atoms with van der Waals surface area (Å²) in [7, 11) is 2.24. The van der Waals surface area contributed by atoms with E-state index in [1.807, 2.05) is 0 Å². The Labute approximate surface area is 207 Å². The SMILES string of the molecule is COC(=O)[C@H](CCCCN(C)C(=O)C(F)(F)F)CC(=O)COCCOCCOCCOCCN=[N+]=[N-]. The number of ketones is 1. The Bertz CT molecular complexity index is 691. The predicted octanol–water partition coefficient (Wildman–Crippen LogP) is 2.30. The van der Waals surface area contributed by atoms with E-state index in [1.165, 1.54) is 7.11 Å². The van der Waals surface area contributed by atoms with Gasteiger partial charge in [0.05, 0.1) is 59.3 Å². The number of nitrogens with zero attached hydrogens (tertiary/aromatic N) is 4. The molecule has 0 aliphatic heterocycles. The van der Waals surface area contributed by atoms with E-state index >= 15 is 0 Å². The Morgan fingerprint density at radius 2 is 1.50 bits per heavy atom. The van der Waals surface area contributed by atoms with Crippen LogP contribution < -0.4 is 0 Å². The molecule has 0 radical (unpaired) electrons. The van der Waals surface area contributed by atoms with Crippen molar-refractivity contribution in [3.05, 3.63) is 10.4 Å². The van der Waals surface area contributed by atoms with Gasteiger partial charge in [-0.1, -0.05) is 11.5 Å². The molecule has 12 nitrogen and oxygen atoms in total. The Morgan fingerprint density at radius 1 is 0.944 bits per heavy atom. The van der Waals surface area contributed by atoms with Crippen LogP contribution in [0.25, 0.3) is 10.4 Å². The summed E-state index contributed by atoms with van der Waals surface area (Å²) in [4.78, 5) is 38.3. The summed E-state index contributed by atoms with van der Waals surface area (Å²) in [5, 5.41) is 3.32. The van der Waals surface area contributed by atoms with Crippen LogP contribution in [0, 0.1) is 5.92 Å². The maximum Gasteiger partial charge on any atom is 0.471 e. The Balaban J connectivity index is 3.92. The van der Waals surface area contributed by atoms with E-state index < -0.39 is 24.0 Å². The highest BCUT2D eigenvalue weighted by molar-refractivity contribution is 5.85. The van der Waals surface area contributed by atoms with Crippen LogP contribution in [0.3, 0.4) is 0 Å². The number of carbonyl (C=O) groups is 3. The number of methoxy groups -OCH3 is 1. The minimum absolute atomic E-state index is 0.121. The number of hydrogen-bond acceptors (Lipinski definition) is 9. The van der Waals surface area contributed by atoms with Gasteiger partial charge in [0.25, 0.3) is 0 Å². The van der Waals surface area contributed by atoms with Gasteiger partial charge in [0.15, 0.2) is 5.78 Å². The number of carbonyl (C=O) groups excluding carboxylic acids is 3. The molecule has 0 saturated carbocycles. The normalized spacial score (nSPS) is 12.0. The minimum atomic E-state index is -4.93. The topological polar surface area (TPSA) is 149 Å². The van der Waals surface area contributed by atoms with Gasteiger partial charge >= 0.3 is 18.1 Å². The number of unbranched alkanes of at least 4 members (excludes halogenated alkanes) is 1. The van der Waals surface area contributed by atoms with Gasteiger partial charge in [-0.3, -0.25) is 14.4 Å². The van der Waals surface area contributed by atoms with Crippen molar-refractivity contribution < 1.29 is 51.2 Å². The third-order valence-electron chi connectivity index (χ3n) is 4.67. The molecule has 208 valence electrons. The van der Waals surface area contributed by atoms with E-state index in [2.05, 4.69) is 10.0 Å². The lowest BCUT2D eigenvalue weighted by Crippen LogP contribution is -2.38. The zero-order valence-corrected chi connectivity index (χ0v) is 20.7. The molecule has 0 bridgehead atoms. The summed E-state index contributed by atoms with van der Waals surface area (Å²) in [5.74, 6) is -3.59. The number of Topliss-reactive ketones (excluding diaryl/α,β-unsaturated/α-hetero) is 1. The van der Waals surface area contributed by atoms with Crippen molar-refractivity contribution >= 4 is 17.7 Å². The number of azide groups is 1. The third-order valence-corrected chi connectivity index (χ3v) is 4.67. The van der Waals surface area contributed by atoms with E-state index in [0.29, 0.717) is 44.4 Å². The fraction of sp³-hybridized carbons (Fsp3) is 0.857. The monoisotopic (exact) mass is 528 g/mol. The van der Waals surface area contributed by atoms with Crippen LogP contribution in [0.15, 0.2) is 5.11 Å². The van der Waals surface area contributed by atoms with Crippen molar-refractivity contribution in [3.63, 3.8) is 0 Å². The van der Waals surface area contributed by atoms with Gasteiger partial charge in [0.1, 0.15) is 6.61 Å². The number of amides is 1. The van der Waals surface area contributed by atoms with Gasteiger partial charge in [-0.2, -0.15) is 13.2 Å². The molecular formula is C21H35F3N4O8. The van der Waals surface area contributed by atoms with Crippen molar-refractivity contribution in [2.75, 3.05) is 80.1 Å². The molecule has 0 aliphatic carbocycles. The third kappa shape index (κ3) is 17.9. The smallest absolute Gasteiger partial charge is 0.469 e. The Morgan fingerprint density at radius 3 is 2.03 bits per heavy atom. The van der Waals surface area contributed by atoms with Gasteiger partial charge in [0, 0.05) is 31.5 Å². The molecule has 36 heavy (non-hydrogen) atoms. The lowest BCUT2D eigenvalue weighted by Gasteiger charge is -2.19. The number of esters is 1. The van der Waals surface area contributed by atoms with Crippen molar-refractivity contribution in [2.45, 2.75) is 31.9 Å². The van der Waals surface area contributed by atoms with Gasteiger partial charge in [0.2, 0.25) is 0 Å².